The number of rotatable bonds is 21. The van der Waals surface area contributed by atoms with Crippen molar-refractivity contribution >= 4 is 28.7 Å². The Labute approximate surface area is 243 Å². The van der Waals surface area contributed by atoms with Crippen LogP contribution in [0.5, 0.6) is 0 Å². The molecule has 2 aromatic rings. The van der Waals surface area contributed by atoms with Crippen LogP contribution in [0.25, 0.3) is 10.8 Å². The molecule has 0 spiro atoms. The average molecular weight is 587 g/mol. The number of carbonyl (C=O) groups is 3. The average Bonchev–Trinajstić information content (AvgIpc) is 3.00. The summed E-state index contributed by atoms with van der Waals surface area (Å²) in [5.74, 6) is -2.48. The fourth-order valence-corrected chi connectivity index (χ4v) is 3.65. The molecule has 1 unspecified atom stereocenters. The maximum absolute atomic E-state index is 13.2. The smallest absolute Gasteiger partial charge is 0.338 e. The Hall–Kier alpha value is -4.81. The van der Waals surface area contributed by atoms with E-state index >= 15 is 0 Å². The number of benzene rings is 2. The van der Waals surface area contributed by atoms with Crippen LogP contribution in [0.15, 0.2) is 75.6 Å². The van der Waals surface area contributed by atoms with Crippen LogP contribution < -0.4 is 0 Å². The Kier molecular flexibility index (Phi) is 14.7. The first kappa shape index (κ1) is 33.4. The number of ether oxygens (including phenoxy) is 8. The predicted octanol–water partition coefficient (Wildman–Crippen LogP) is 3.96. The van der Waals surface area contributed by atoms with Gasteiger partial charge in [-0.2, -0.15) is 0 Å². The second-order valence-electron chi connectivity index (χ2n) is 7.89. The highest BCUT2D eigenvalue weighted by atomic mass is 16.6. The number of aliphatic hydroxyl groups excluding tert-OH is 1. The van der Waals surface area contributed by atoms with Gasteiger partial charge >= 0.3 is 17.9 Å². The maximum atomic E-state index is 13.2. The second kappa shape index (κ2) is 18.5. The van der Waals surface area contributed by atoms with Crippen molar-refractivity contribution in [2.45, 2.75) is 6.29 Å². The molecule has 42 heavy (non-hydrogen) atoms. The Bertz CT molecular complexity index is 1220. The summed E-state index contributed by atoms with van der Waals surface area (Å²) in [6, 6.07) is 5.34. The minimum Gasteiger partial charge on any atom is -0.499 e. The first-order valence-electron chi connectivity index (χ1n) is 12.7. The van der Waals surface area contributed by atoms with Crippen molar-refractivity contribution in [3.05, 3.63) is 97.9 Å². The molecule has 0 bridgehead atoms. The van der Waals surface area contributed by atoms with E-state index in [4.69, 9.17) is 37.9 Å². The lowest BCUT2D eigenvalue weighted by atomic mass is 9.91. The van der Waals surface area contributed by atoms with Crippen molar-refractivity contribution in [2.75, 3.05) is 52.9 Å². The number of hydrogen-bond donors (Lipinski definition) is 1. The lowest BCUT2D eigenvalue weighted by Gasteiger charge is -2.20. The summed E-state index contributed by atoms with van der Waals surface area (Å²) in [4.78, 5) is 39.6. The molecule has 0 amide bonds. The molecule has 0 aliphatic rings. The topological polar surface area (TPSA) is 145 Å². The molecule has 2 rings (SSSR count). The van der Waals surface area contributed by atoms with E-state index < -0.39 is 24.2 Å². The Morgan fingerprint density at radius 3 is 1.33 bits per heavy atom. The van der Waals surface area contributed by atoms with Crippen molar-refractivity contribution in [1.29, 1.82) is 0 Å². The van der Waals surface area contributed by atoms with E-state index in [2.05, 4.69) is 26.3 Å². The molecular formula is C30H34O12. The van der Waals surface area contributed by atoms with Crippen LogP contribution in [0.4, 0.5) is 0 Å². The zero-order chi connectivity index (χ0) is 30.7. The zero-order valence-electron chi connectivity index (χ0n) is 23.1. The molecule has 0 heterocycles. The molecule has 1 N–H and O–H groups in total. The van der Waals surface area contributed by atoms with Crippen molar-refractivity contribution in [3.63, 3.8) is 0 Å². The van der Waals surface area contributed by atoms with E-state index in [0.717, 1.165) is 0 Å². The lowest BCUT2D eigenvalue weighted by molar-refractivity contribution is -0.110. The van der Waals surface area contributed by atoms with E-state index in [1.807, 2.05) is 0 Å². The highest BCUT2D eigenvalue weighted by Gasteiger charge is 2.28. The van der Waals surface area contributed by atoms with Crippen molar-refractivity contribution in [2.24, 2.45) is 0 Å². The SMILES string of the molecule is C=COCCOC(=O)c1ccc(C(=O)OCCOC=C)c2c(C(O)OCCOC=C)ccc(C(=O)OCCOC=C)c12. The fraction of sp³-hybridized carbons (Fsp3) is 0.300. The normalized spacial score (nSPS) is 11.0. The van der Waals surface area contributed by atoms with E-state index in [9.17, 15) is 19.5 Å². The minimum atomic E-state index is -1.60. The molecule has 2 aromatic carbocycles. The van der Waals surface area contributed by atoms with Crippen molar-refractivity contribution in [3.8, 4) is 0 Å². The molecular weight excluding hydrogens is 552 g/mol. The number of hydrogen-bond acceptors (Lipinski definition) is 12. The Morgan fingerprint density at radius 1 is 0.571 bits per heavy atom. The highest BCUT2D eigenvalue weighted by molar-refractivity contribution is 6.18. The van der Waals surface area contributed by atoms with E-state index in [1.165, 1.54) is 49.3 Å². The highest BCUT2D eigenvalue weighted by Crippen LogP contribution is 2.35. The molecule has 226 valence electrons. The van der Waals surface area contributed by atoms with Gasteiger partial charge in [0.2, 0.25) is 0 Å². The summed E-state index contributed by atoms with van der Waals surface area (Å²) in [7, 11) is 0. The molecule has 0 fully saturated rings. The van der Waals surface area contributed by atoms with Gasteiger partial charge < -0.3 is 43.0 Å². The molecule has 12 heteroatoms. The van der Waals surface area contributed by atoms with Gasteiger partial charge in [-0.05, 0) is 18.2 Å². The summed E-state index contributed by atoms with van der Waals surface area (Å²) in [5.41, 5.74) is -0.184. The van der Waals surface area contributed by atoms with E-state index in [0.29, 0.717) is 0 Å². The minimum absolute atomic E-state index is 0.00959. The van der Waals surface area contributed by atoms with Crippen LogP contribution in [0, 0.1) is 0 Å². The molecule has 0 aliphatic carbocycles. The molecule has 0 aromatic heterocycles. The Morgan fingerprint density at radius 2 is 0.929 bits per heavy atom. The van der Waals surface area contributed by atoms with Crippen LogP contribution in [0.3, 0.4) is 0 Å². The Balaban J connectivity index is 2.70. The van der Waals surface area contributed by atoms with Gasteiger partial charge in [-0.25, -0.2) is 14.4 Å². The first-order chi connectivity index (χ1) is 20.4. The largest absolute Gasteiger partial charge is 0.499 e. The van der Waals surface area contributed by atoms with Gasteiger partial charge in [0.05, 0.1) is 48.3 Å². The number of fused-ring (bicyclic) bond motifs is 1. The van der Waals surface area contributed by atoms with Gasteiger partial charge in [-0.3, -0.25) is 0 Å². The van der Waals surface area contributed by atoms with Gasteiger partial charge in [0, 0.05) is 16.3 Å². The summed E-state index contributed by atoms with van der Waals surface area (Å²) >= 11 is 0. The van der Waals surface area contributed by atoms with Gasteiger partial charge in [-0.15, -0.1) is 0 Å². The number of esters is 3. The van der Waals surface area contributed by atoms with Crippen LogP contribution >= 0.6 is 0 Å². The monoisotopic (exact) mass is 586 g/mol. The third kappa shape index (κ3) is 9.68. The third-order valence-electron chi connectivity index (χ3n) is 5.37. The molecule has 0 aliphatic heterocycles. The second-order valence-corrected chi connectivity index (χ2v) is 7.89. The van der Waals surface area contributed by atoms with Crippen LogP contribution in [-0.2, 0) is 37.9 Å². The molecule has 0 saturated heterocycles. The summed E-state index contributed by atoms with van der Waals surface area (Å²) in [5, 5.41) is 10.9. The van der Waals surface area contributed by atoms with Gasteiger partial charge in [-0.1, -0.05) is 32.4 Å². The molecule has 0 radical (unpaired) electrons. The lowest BCUT2D eigenvalue weighted by Crippen LogP contribution is -2.18. The van der Waals surface area contributed by atoms with Crippen LogP contribution in [-0.4, -0.2) is 75.9 Å². The third-order valence-corrected chi connectivity index (χ3v) is 5.37. The quantitative estimate of drug-likeness (QED) is 0.0743. The standard InChI is InChI=1S/C30H34O12/c1-5-35-13-17-39-27(31)21-9-10-23(29(33)41-19-15-37-7-3)26-24(30(34)42-20-16-38-8-4)12-11-22(25(21)26)28(32)40-18-14-36-6-2/h5-12,27,31H,1-4,13-20H2. The summed E-state index contributed by atoms with van der Waals surface area (Å²) in [6.07, 6.45) is 3.20. The summed E-state index contributed by atoms with van der Waals surface area (Å²) in [6.45, 7) is 13.5. The number of aliphatic hydroxyl groups is 1. The van der Waals surface area contributed by atoms with Crippen LogP contribution in [0.1, 0.15) is 42.9 Å². The zero-order valence-corrected chi connectivity index (χ0v) is 23.1. The van der Waals surface area contributed by atoms with E-state index in [1.54, 1.807) is 0 Å². The molecule has 1 atom stereocenters. The van der Waals surface area contributed by atoms with Crippen molar-refractivity contribution < 1.29 is 57.4 Å². The van der Waals surface area contributed by atoms with Gasteiger partial charge in [0.15, 0.2) is 6.29 Å². The van der Waals surface area contributed by atoms with Crippen molar-refractivity contribution in [1.82, 2.24) is 0 Å². The van der Waals surface area contributed by atoms with Gasteiger partial charge in [0.1, 0.15) is 46.2 Å². The van der Waals surface area contributed by atoms with Crippen LogP contribution in [0.2, 0.25) is 0 Å². The number of carbonyl (C=O) groups excluding carboxylic acids is 3. The fourth-order valence-electron chi connectivity index (χ4n) is 3.65. The first-order valence-corrected chi connectivity index (χ1v) is 12.7. The van der Waals surface area contributed by atoms with E-state index in [-0.39, 0.29) is 85.9 Å². The predicted molar refractivity (Wildman–Crippen MR) is 150 cm³/mol. The molecule has 12 nitrogen and oxygen atoms in total. The molecule has 0 saturated carbocycles. The van der Waals surface area contributed by atoms with Gasteiger partial charge in [0.25, 0.3) is 0 Å². The summed E-state index contributed by atoms with van der Waals surface area (Å²) < 4.78 is 41.4. The maximum Gasteiger partial charge on any atom is 0.338 e.